The summed E-state index contributed by atoms with van der Waals surface area (Å²) in [7, 11) is 1.47. The van der Waals surface area contributed by atoms with Gasteiger partial charge in [-0.15, -0.1) is 0 Å². The Morgan fingerprint density at radius 1 is 1.54 bits per heavy atom. The van der Waals surface area contributed by atoms with Crippen molar-refractivity contribution in [2.45, 2.75) is 6.04 Å². The van der Waals surface area contributed by atoms with Gasteiger partial charge in [0.15, 0.2) is 6.04 Å². The van der Waals surface area contributed by atoms with Crippen LogP contribution in [0.4, 0.5) is 0 Å². The topological polar surface area (TPSA) is 52.9 Å². The molecule has 72 valence electrons. The predicted molar refractivity (Wildman–Crippen MR) is 51.2 cm³/mol. The minimum atomic E-state index is -1.13. The second kappa shape index (κ2) is 3.74. The van der Waals surface area contributed by atoms with Crippen LogP contribution < -0.4 is 0 Å². The van der Waals surface area contributed by atoms with Crippen LogP contribution >= 0.6 is 34.8 Å². The van der Waals surface area contributed by atoms with E-state index in [1.165, 1.54) is 11.9 Å². The first-order valence-electron chi connectivity index (χ1n) is 3.20. The van der Waals surface area contributed by atoms with E-state index < -0.39 is 12.0 Å². The Kier molecular flexibility index (Phi) is 3.05. The number of aliphatic carboxylic acids is 1. The molecular formula is C6H5Cl3N2O2. The van der Waals surface area contributed by atoms with E-state index in [0.29, 0.717) is 0 Å². The van der Waals surface area contributed by atoms with E-state index >= 15 is 0 Å². The smallest absolute Gasteiger partial charge is 0.332 e. The lowest BCUT2D eigenvalue weighted by atomic mass is 10.2. The molecule has 0 fully saturated rings. The molecule has 0 radical (unpaired) electrons. The van der Waals surface area contributed by atoms with E-state index in [1.54, 1.807) is 0 Å². The van der Waals surface area contributed by atoms with Gasteiger partial charge in [0.25, 0.3) is 0 Å². The van der Waals surface area contributed by atoms with Crippen molar-refractivity contribution in [3.63, 3.8) is 0 Å². The Morgan fingerprint density at radius 3 is 2.54 bits per heavy atom. The molecule has 0 saturated heterocycles. The number of hydrogen-bond donors (Lipinski definition) is 1. The number of rotatable bonds is 1. The average Bonchev–Trinajstić information content (AvgIpc) is 2.01. The summed E-state index contributed by atoms with van der Waals surface area (Å²) < 4.78 is 0. The van der Waals surface area contributed by atoms with Crippen LogP contribution in [0.25, 0.3) is 0 Å². The molecule has 0 aromatic heterocycles. The second-order valence-electron chi connectivity index (χ2n) is 2.37. The lowest BCUT2D eigenvalue weighted by Crippen LogP contribution is -2.43. The molecule has 0 spiro atoms. The predicted octanol–water partition coefficient (Wildman–Crippen LogP) is 1.63. The normalized spacial score (nSPS) is 23.2. The summed E-state index contributed by atoms with van der Waals surface area (Å²) in [5, 5.41) is 8.66. The van der Waals surface area contributed by atoms with Crippen molar-refractivity contribution in [2.24, 2.45) is 4.99 Å². The highest BCUT2D eigenvalue weighted by Gasteiger charge is 2.33. The molecule has 4 nitrogen and oxygen atoms in total. The van der Waals surface area contributed by atoms with Gasteiger partial charge in [0.05, 0.1) is 5.03 Å². The fraction of sp³-hybridized carbons (Fsp3) is 0.333. The van der Waals surface area contributed by atoms with Gasteiger partial charge in [-0.2, -0.15) is 0 Å². The third-order valence-electron chi connectivity index (χ3n) is 1.54. The zero-order chi connectivity index (χ0) is 10.2. The largest absolute Gasteiger partial charge is 0.479 e. The van der Waals surface area contributed by atoms with Gasteiger partial charge in [-0.05, 0) is 11.6 Å². The molecule has 1 N–H and O–H groups in total. The highest BCUT2D eigenvalue weighted by atomic mass is 35.5. The molecule has 0 aliphatic carbocycles. The zero-order valence-corrected chi connectivity index (χ0v) is 8.73. The maximum absolute atomic E-state index is 10.7. The molecule has 0 aromatic rings. The van der Waals surface area contributed by atoms with E-state index in [1.807, 2.05) is 0 Å². The molecule has 0 saturated carbocycles. The van der Waals surface area contributed by atoms with E-state index in [2.05, 4.69) is 4.99 Å². The molecule has 13 heavy (non-hydrogen) atoms. The minimum Gasteiger partial charge on any atom is -0.479 e. The Bertz CT molecular complexity index is 313. The van der Waals surface area contributed by atoms with Crippen LogP contribution in [-0.2, 0) is 4.79 Å². The van der Waals surface area contributed by atoms with E-state index in [4.69, 9.17) is 39.9 Å². The van der Waals surface area contributed by atoms with Crippen LogP contribution in [-0.4, -0.2) is 34.4 Å². The first-order chi connectivity index (χ1) is 5.95. The molecular weight excluding hydrogens is 238 g/mol. The van der Waals surface area contributed by atoms with Crippen molar-refractivity contribution in [1.82, 2.24) is 4.90 Å². The van der Waals surface area contributed by atoms with Gasteiger partial charge in [-0.25, -0.2) is 9.79 Å². The summed E-state index contributed by atoms with van der Waals surface area (Å²) in [5.74, 6) is -1.13. The van der Waals surface area contributed by atoms with Gasteiger partial charge in [0, 0.05) is 7.05 Å². The minimum absolute atomic E-state index is 0.00167. The van der Waals surface area contributed by atoms with Crippen LogP contribution in [0.2, 0.25) is 0 Å². The summed E-state index contributed by atoms with van der Waals surface area (Å²) >= 11 is 16.8. The van der Waals surface area contributed by atoms with Crippen LogP contribution in [0.1, 0.15) is 0 Å². The zero-order valence-electron chi connectivity index (χ0n) is 6.46. The van der Waals surface area contributed by atoms with Crippen molar-refractivity contribution >= 4 is 46.1 Å². The number of nitrogens with zero attached hydrogens (tertiary/aromatic N) is 2. The molecule has 1 aliphatic heterocycles. The van der Waals surface area contributed by atoms with Crippen molar-refractivity contribution in [3.05, 3.63) is 10.2 Å². The maximum atomic E-state index is 10.7. The fourth-order valence-corrected chi connectivity index (χ4v) is 1.57. The number of carboxylic acids is 1. The third kappa shape index (κ3) is 1.90. The molecule has 1 heterocycles. The van der Waals surface area contributed by atoms with Crippen molar-refractivity contribution in [3.8, 4) is 0 Å². The summed E-state index contributed by atoms with van der Waals surface area (Å²) in [5.41, 5.74) is 0. The first kappa shape index (κ1) is 10.6. The number of hydrogen-bond acceptors (Lipinski definition) is 3. The van der Waals surface area contributed by atoms with E-state index in [9.17, 15) is 4.79 Å². The number of carbonyl (C=O) groups is 1. The van der Waals surface area contributed by atoms with Crippen LogP contribution in [0, 0.1) is 0 Å². The number of likely N-dealkylation sites (N-methyl/N-ethyl adjacent to an activating group) is 1. The molecule has 7 heteroatoms. The van der Waals surface area contributed by atoms with Crippen LogP contribution in [0.3, 0.4) is 0 Å². The maximum Gasteiger partial charge on any atom is 0.332 e. The Hall–Kier alpha value is -0.450. The van der Waals surface area contributed by atoms with Gasteiger partial charge in [0.2, 0.25) is 5.29 Å². The van der Waals surface area contributed by atoms with Gasteiger partial charge in [0.1, 0.15) is 5.16 Å². The molecule has 1 atom stereocenters. The Labute approximate surface area is 89.4 Å². The van der Waals surface area contributed by atoms with Crippen LogP contribution in [0.5, 0.6) is 0 Å². The molecule has 0 amide bonds. The van der Waals surface area contributed by atoms with Crippen molar-refractivity contribution < 1.29 is 9.90 Å². The van der Waals surface area contributed by atoms with Crippen molar-refractivity contribution in [1.29, 1.82) is 0 Å². The van der Waals surface area contributed by atoms with Crippen molar-refractivity contribution in [2.75, 3.05) is 7.05 Å². The van der Waals surface area contributed by atoms with Gasteiger partial charge in [-0.3, -0.25) is 0 Å². The Morgan fingerprint density at radius 2 is 2.08 bits per heavy atom. The lowest BCUT2D eigenvalue weighted by Gasteiger charge is -2.27. The first-order valence-corrected chi connectivity index (χ1v) is 4.33. The standard InChI is InChI=1S/C6H5Cl3N2O2/c1-11-3(5(12)13)2(7)4(8)10-6(11)9/h3H,1H3,(H,12,13). The molecule has 1 unspecified atom stereocenters. The van der Waals surface area contributed by atoms with Gasteiger partial charge in [-0.1, -0.05) is 23.2 Å². The summed E-state index contributed by atoms with van der Waals surface area (Å²) in [6.45, 7) is 0. The summed E-state index contributed by atoms with van der Waals surface area (Å²) in [4.78, 5) is 15.6. The monoisotopic (exact) mass is 242 g/mol. The lowest BCUT2D eigenvalue weighted by molar-refractivity contribution is -0.139. The molecule has 0 bridgehead atoms. The highest BCUT2D eigenvalue weighted by molar-refractivity contribution is 6.65. The number of halogens is 3. The number of aliphatic imine (C=N–C) groups is 1. The Balaban J connectivity index is 3.12. The quantitative estimate of drug-likeness (QED) is 0.712. The number of carboxylic acid groups (broad SMARTS) is 1. The van der Waals surface area contributed by atoms with Crippen LogP contribution in [0.15, 0.2) is 15.2 Å². The second-order valence-corrected chi connectivity index (χ2v) is 3.47. The van der Waals surface area contributed by atoms with Gasteiger partial charge >= 0.3 is 5.97 Å². The van der Waals surface area contributed by atoms with Gasteiger partial charge < -0.3 is 10.0 Å². The molecule has 0 aromatic carbocycles. The molecule has 1 aliphatic rings. The highest BCUT2D eigenvalue weighted by Crippen LogP contribution is 2.27. The van der Waals surface area contributed by atoms with E-state index in [-0.39, 0.29) is 15.5 Å². The average molecular weight is 243 g/mol. The fourth-order valence-electron chi connectivity index (χ4n) is 0.877. The third-order valence-corrected chi connectivity index (χ3v) is 2.66. The summed E-state index contributed by atoms with van der Waals surface area (Å²) in [6, 6.07) is -1.06. The number of amidine groups is 1. The summed E-state index contributed by atoms with van der Waals surface area (Å²) in [6.07, 6.45) is 0. The van der Waals surface area contributed by atoms with E-state index in [0.717, 1.165) is 0 Å². The SMILES string of the molecule is CN1C(Cl)=NC(Cl)=C(Cl)C1C(=O)O. The molecule has 1 rings (SSSR count).